The molecule has 3 atom stereocenters. The van der Waals surface area contributed by atoms with E-state index in [1.807, 2.05) is 0 Å². The van der Waals surface area contributed by atoms with E-state index >= 15 is 0 Å². The summed E-state index contributed by atoms with van der Waals surface area (Å²) in [6.45, 7) is 0.0416. The molecule has 0 unspecified atom stereocenters. The molecule has 2 bridgehead atoms. The van der Waals surface area contributed by atoms with Gasteiger partial charge in [-0.05, 0) is 55.2 Å². The number of hydrogen-bond donors (Lipinski definition) is 1. The molecule has 2 aliphatic rings. The van der Waals surface area contributed by atoms with Gasteiger partial charge in [-0.15, -0.1) is 0 Å². The van der Waals surface area contributed by atoms with Crippen LogP contribution in [0.3, 0.4) is 0 Å². The van der Waals surface area contributed by atoms with Gasteiger partial charge in [0.05, 0.1) is 16.6 Å². The summed E-state index contributed by atoms with van der Waals surface area (Å²) in [6, 6.07) is 4.91. The Hall–Kier alpha value is -1.26. The maximum atomic E-state index is 12.4. The first-order valence-electron chi connectivity index (χ1n) is 8.41. The number of halogens is 2. The lowest BCUT2D eigenvalue weighted by molar-refractivity contribution is -0.134. The maximum Gasteiger partial charge on any atom is 0.243 e. The number of nitrogens with one attached hydrogen (secondary N) is 1. The summed E-state index contributed by atoms with van der Waals surface area (Å²) in [6.07, 6.45) is 5.64. The van der Waals surface area contributed by atoms with Crippen LogP contribution in [0, 0.1) is 17.8 Å². The van der Waals surface area contributed by atoms with Gasteiger partial charge in [0.15, 0.2) is 0 Å². The van der Waals surface area contributed by atoms with Gasteiger partial charge in [-0.1, -0.05) is 29.6 Å². The summed E-state index contributed by atoms with van der Waals surface area (Å²) in [5.74, 6) is 1.87. The van der Waals surface area contributed by atoms with Crippen LogP contribution in [-0.4, -0.2) is 30.3 Å². The van der Waals surface area contributed by atoms with Crippen LogP contribution < -0.4 is 5.32 Å². The zero-order valence-electron chi connectivity index (χ0n) is 13.7. The molecule has 6 heteroatoms. The van der Waals surface area contributed by atoms with Gasteiger partial charge in [-0.2, -0.15) is 0 Å². The van der Waals surface area contributed by atoms with Gasteiger partial charge in [-0.25, -0.2) is 0 Å². The van der Waals surface area contributed by atoms with Crippen LogP contribution in [0.5, 0.6) is 0 Å². The van der Waals surface area contributed by atoms with E-state index < -0.39 is 0 Å². The highest BCUT2D eigenvalue weighted by molar-refractivity contribution is 6.42. The molecule has 0 aromatic heterocycles. The monoisotopic (exact) mass is 368 g/mol. The summed E-state index contributed by atoms with van der Waals surface area (Å²) >= 11 is 11.8. The van der Waals surface area contributed by atoms with Gasteiger partial charge in [0.1, 0.15) is 0 Å². The molecule has 130 valence electrons. The fourth-order valence-electron chi connectivity index (χ4n) is 4.08. The average molecular weight is 369 g/mol. The van der Waals surface area contributed by atoms with E-state index in [1.165, 1.54) is 30.6 Å². The molecule has 1 aromatic carbocycles. The van der Waals surface area contributed by atoms with Crippen molar-refractivity contribution in [2.75, 3.05) is 18.9 Å². The molecule has 1 N–H and O–H groups in total. The second-order valence-electron chi connectivity index (χ2n) is 7.07. The van der Waals surface area contributed by atoms with E-state index in [0.29, 0.717) is 28.1 Å². The van der Waals surface area contributed by atoms with Crippen molar-refractivity contribution in [2.24, 2.45) is 17.8 Å². The number of hydrogen-bond acceptors (Lipinski definition) is 2. The molecular weight excluding hydrogens is 347 g/mol. The Morgan fingerprint density at radius 2 is 2.00 bits per heavy atom. The maximum absolute atomic E-state index is 12.4. The number of carbonyl (C=O) groups excluding carboxylic acids is 2. The summed E-state index contributed by atoms with van der Waals surface area (Å²) in [5.41, 5.74) is 0.573. The van der Waals surface area contributed by atoms with Crippen molar-refractivity contribution in [3.63, 3.8) is 0 Å². The van der Waals surface area contributed by atoms with Crippen LogP contribution in [0.25, 0.3) is 0 Å². The van der Waals surface area contributed by atoms with Gasteiger partial charge >= 0.3 is 0 Å². The fraction of sp³-hybridized carbons (Fsp3) is 0.556. The minimum atomic E-state index is -0.239. The smallest absolute Gasteiger partial charge is 0.243 e. The number of likely N-dealkylation sites (N-methyl/N-ethyl adjacent to an activating group) is 1. The highest BCUT2D eigenvalue weighted by Crippen LogP contribution is 2.49. The van der Waals surface area contributed by atoms with E-state index in [4.69, 9.17) is 23.2 Å². The number of fused-ring (bicyclic) bond motifs is 2. The van der Waals surface area contributed by atoms with Crippen molar-refractivity contribution in [2.45, 2.75) is 32.1 Å². The van der Waals surface area contributed by atoms with Crippen molar-refractivity contribution < 1.29 is 9.59 Å². The zero-order chi connectivity index (χ0) is 17.3. The molecule has 2 aliphatic carbocycles. The third kappa shape index (κ3) is 4.04. The van der Waals surface area contributed by atoms with E-state index in [1.54, 1.807) is 25.2 Å². The molecule has 0 aliphatic heterocycles. The molecule has 0 radical (unpaired) electrons. The van der Waals surface area contributed by atoms with Gasteiger partial charge in [-0.3, -0.25) is 9.59 Å². The lowest BCUT2D eigenvalue weighted by atomic mass is 9.86. The second-order valence-corrected chi connectivity index (χ2v) is 7.88. The molecular formula is C18H22Cl2N2O2. The Morgan fingerprint density at radius 1 is 1.21 bits per heavy atom. The highest BCUT2D eigenvalue weighted by atomic mass is 35.5. The van der Waals surface area contributed by atoms with Crippen LogP contribution in [0.15, 0.2) is 18.2 Å². The first-order valence-corrected chi connectivity index (χ1v) is 9.17. The lowest BCUT2D eigenvalue weighted by Gasteiger charge is -2.24. The first-order chi connectivity index (χ1) is 11.4. The zero-order valence-corrected chi connectivity index (χ0v) is 15.2. The van der Waals surface area contributed by atoms with Crippen LogP contribution in [0.2, 0.25) is 10.0 Å². The Balaban J connectivity index is 1.48. The lowest BCUT2D eigenvalue weighted by Crippen LogP contribution is -2.36. The molecule has 2 fully saturated rings. The van der Waals surface area contributed by atoms with E-state index in [-0.39, 0.29) is 18.4 Å². The van der Waals surface area contributed by atoms with Gasteiger partial charge in [0.25, 0.3) is 0 Å². The minimum absolute atomic E-state index is 0.0416. The predicted octanol–water partition coefficient (Wildman–Crippen LogP) is 4.22. The van der Waals surface area contributed by atoms with Crippen LogP contribution in [0.1, 0.15) is 32.1 Å². The van der Waals surface area contributed by atoms with Crippen molar-refractivity contribution in [3.05, 3.63) is 28.2 Å². The molecule has 2 saturated carbocycles. The highest BCUT2D eigenvalue weighted by Gasteiger charge is 2.40. The van der Waals surface area contributed by atoms with E-state index in [2.05, 4.69) is 5.32 Å². The van der Waals surface area contributed by atoms with Crippen LogP contribution in [0.4, 0.5) is 5.69 Å². The van der Waals surface area contributed by atoms with Crippen molar-refractivity contribution in [3.8, 4) is 0 Å². The molecule has 24 heavy (non-hydrogen) atoms. The molecule has 1 aromatic rings. The quantitative estimate of drug-likeness (QED) is 0.845. The Bertz CT molecular complexity index is 650. The molecule has 3 rings (SSSR count). The van der Waals surface area contributed by atoms with Gasteiger partial charge < -0.3 is 10.2 Å². The molecule has 4 nitrogen and oxygen atoms in total. The average Bonchev–Trinajstić information content (AvgIpc) is 3.13. The summed E-state index contributed by atoms with van der Waals surface area (Å²) < 4.78 is 0. The predicted molar refractivity (Wildman–Crippen MR) is 96.3 cm³/mol. The normalized spacial score (nSPS) is 24.9. The largest absolute Gasteiger partial charge is 0.336 e. The number of anilines is 1. The number of amides is 2. The summed E-state index contributed by atoms with van der Waals surface area (Å²) in [7, 11) is 1.68. The van der Waals surface area contributed by atoms with Crippen molar-refractivity contribution >= 4 is 40.7 Å². The Labute approximate surface area is 152 Å². The van der Waals surface area contributed by atoms with Crippen molar-refractivity contribution in [1.29, 1.82) is 0 Å². The number of carbonyl (C=O) groups is 2. The third-order valence-electron chi connectivity index (χ3n) is 5.33. The fourth-order valence-corrected chi connectivity index (χ4v) is 4.38. The summed E-state index contributed by atoms with van der Waals surface area (Å²) in [4.78, 5) is 26.0. The minimum Gasteiger partial charge on any atom is -0.336 e. The Morgan fingerprint density at radius 3 is 2.62 bits per heavy atom. The standard InChI is InChI=1S/C18H22Cl2N2O2/c1-22(18(24)8-13-7-11-2-3-12(13)6-11)10-17(23)21-14-4-5-15(19)16(20)9-14/h4-5,9,11-13H,2-3,6-8,10H2,1H3,(H,21,23)/t11-,12-,13-/m1/s1. The first kappa shape index (κ1) is 17.6. The van der Waals surface area contributed by atoms with E-state index in [0.717, 1.165) is 11.8 Å². The number of benzene rings is 1. The molecule has 0 heterocycles. The Kier molecular flexibility index (Phi) is 5.36. The SMILES string of the molecule is CN(CC(=O)Nc1ccc(Cl)c(Cl)c1)C(=O)C[C@H]1C[C@@H]2CC[C@@H]1C2. The summed E-state index contributed by atoms with van der Waals surface area (Å²) in [5, 5.41) is 3.56. The molecule has 2 amide bonds. The van der Waals surface area contributed by atoms with Crippen molar-refractivity contribution in [1.82, 2.24) is 4.90 Å². The molecule has 0 saturated heterocycles. The number of nitrogens with zero attached hydrogens (tertiary/aromatic N) is 1. The molecule has 0 spiro atoms. The van der Waals surface area contributed by atoms with E-state index in [9.17, 15) is 9.59 Å². The number of rotatable bonds is 5. The second kappa shape index (κ2) is 7.32. The topological polar surface area (TPSA) is 49.4 Å². The van der Waals surface area contributed by atoms with Crippen LogP contribution >= 0.6 is 23.2 Å². The van der Waals surface area contributed by atoms with Gasteiger partial charge in [0.2, 0.25) is 11.8 Å². The third-order valence-corrected chi connectivity index (χ3v) is 6.07. The van der Waals surface area contributed by atoms with Crippen LogP contribution in [-0.2, 0) is 9.59 Å². The van der Waals surface area contributed by atoms with Gasteiger partial charge in [0, 0.05) is 19.2 Å².